The SMILES string of the molecule is COc1nc(-c2cccc(-c3cccc(NC(=O)c4cn(C)c(=O)n(C)c4=O)c3Cl)c2Cl)cc2c1[C@@H](NC[C@@H]1COCC(=O)N1)[C@H](C)C2. The van der Waals surface area contributed by atoms with Gasteiger partial charge in [0.1, 0.15) is 12.2 Å². The molecular weight excluding hydrogens is 659 g/mol. The van der Waals surface area contributed by atoms with Crippen LogP contribution in [0.1, 0.15) is 34.5 Å². The van der Waals surface area contributed by atoms with Gasteiger partial charge >= 0.3 is 5.69 Å². The summed E-state index contributed by atoms with van der Waals surface area (Å²) in [5.74, 6) is -0.104. The Morgan fingerprint density at radius 1 is 1.08 bits per heavy atom. The molecule has 2 aromatic carbocycles. The topological polar surface area (TPSA) is 146 Å². The average molecular weight is 694 g/mol. The van der Waals surface area contributed by atoms with Gasteiger partial charge in [-0.1, -0.05) is 60.5 Å². The number of methoxy groups -OCH3 is 1. The van der Waals surface area contributed by atoms with Gasteiger partial charge in [0, 0.05) is 55.1 Å². The Labute approximate surface area is 286 Å². The van der Waals surface area contributed by atoms with Crippen LogP contribution in [0, 0.1) is 5.92 Å². The Morgan fingerprint density at radius 2 is 1.79 bits per heavy atom. The molecule has 2 amide bonds. The first kappa shape index (κ1) is 33.4. The van der Waals surface area contributed by atoms with E-state index in [1.165, 1.54) is 20.3 Å². The molecule has 0 spiro atoms. The smallest absolute Gasteiger partial charge is 0.330 e. The number of carbonyl (C=O) groups excluding carboxylic acids is 2. The van der Waals surface area contributed by atoms with Crippen LogP contribution in [0.4, 0.5) is 5.69 Å². The molecule has 3 atom stereocenters. The van der Waals surface area contributed by atoms with Gasteiger partial charge in [0.05, 0.1) is 41.2 Å². The highest BCUT2D eigenvalue weighted by molar-refractivity contribution is 6.39. The summed E-state index contributed by atoms with van der Waals surface area (Å²) >= 11 is 13.9. The van der Waals surface area contributed by atoms with E-state index in [1.807, 2.05) is 24.3 Å². The summed E-state index contributed by atoms with van der Waals surface area (Å²) in [4.78, 5) is 54.5. The molecule has 14 heteroatoms. The van der Waals surface area contributed by atoms with Crippen LogP contribution >= 0.6 is 23.2 Å². The first-order chi connectivity index (χ1) is 23.0. The van der Waals surface area contributed by atoms with Crippen molar-refractivity contribution in [1.29, 1.82) is 0 Å². The standard InChI is InChI=1S/C34H34Cl2N6O6/c1-17-11-18-12-25(40-32(47-4)27(18)30(17)37-13-19-15-48-16-26(43)38-19)22-9-5-7-20(28(22)35)21-8-6-10-24(29(21)36)39-31(44)23-14-41(2)34(46)42(3)33(23)45/h5-10,12,14,17,19,30,37H,11,13,15-16H2,1-4H3,(H,38,43)(H,39,44)/t17-,19-,30+/m1/s1. The highest BCUT2D eigenvalue weighted by Gasteiger charge is 2.35. The quantitative estimate of drug-likeness (QED) is 0.253. The molecule has 6 rings (SSSR count). The number of aromatic nitrogens is 3. The van der Waals surface area contributed by atoms with Crippen molar-refractivity contribution in [3.8, 4) is 28.3 Å². The van der Waals surface area contributed by atoms with E-state index in [-0.39, 0.29) is 46.8 Å². The maximum Gasteiger partial charge on any atom is 0.330 e. The van der Waals surface area contributed by atoms with E-state index in [0.29, 0.717) is 46.4 Å². The van der Waals surface area contributed by atoms with Gasteiger partial charge in [0.2, 0.25) is 11.8 Å². The molecule has 1 saturated heterocycles. The van der Waals surface area contributed by atoms with Crippen LogP contribution in [0.2, 0.25) is 10.0 Å². The first-order valence-corrected chi connectivity index (χ1v) is 16.1. The number of hydrogen-bond acceptors (Lipinski definition) is 8. The highest BCUT2D eigenvalue weighted by atomic mass is 35.5. The number of aryl methyl sites for hydroxylation is 1. The normalized spacial score (nSPS) is 18.7. The zero-order valence-electron chi connectivity index (χ0n) is 26.7. The fourth-order valence-electron chi connectivity index (χ4n) is 6.34. The molecule has 12 nitrogen and oxygen atoms in total. The number of ether oxygens (including phenoxy) is 2. The third-order valence-electron chi connectivity index (χ3n) is 8.73. The minimum absolute atomic E-state index is 0.0326. The lowest BCUT2D eigenvalue weighted by atomic mass is 9.99. The molecule has 2 aliphatic rings. The van der Waals surface area contributed by atoms with Crippen LogP contribution in [0.25, 0.3) is 22.4 Å². The Kier molecular flexibility index (Phi) is 9.44. The molecule has 0 unspecified atom stereocenters. The van der Waals surface area contributed by atoms with Crippen LogP contribution in [-0.4, -0.2) is 58.8 Å². The summed E-state index contributed by atoms with van der Waals surface area (Å²) in [5, 5.41) is 9.85. The molecule has 250 valence electrons. The predicted molar refractivity (Wildman–Crippen MR) is 183 cm³/mol. The van der Waals surface area contributed by atoms with Gasteiger partial charge in [-0.25, -0.2) is 9.78 Å². The van der Waals surface area contributed by atoms with E-state index in [9.17, 15) is 19.2 Å². The van der Waals surface area contributed by atoms with Crippen molar-refractivity contribution in [2.75, 3.05) is 32.2 Å². The molecule has 2 aromatic heterocycles. The number of morpholine rings is 1. The van der Waals surface area contributed by atoms with Crippen molar-refractivity contribution in [3.05, 3.63) is 96.2 Å². The molecule has 0 saturated carbocycles. The maximum atomic E-state index is 13.1. The van der Waals surface area contributed by atoms with Crippen LogP contribution < -0.4 is 31.9 Å². The zero-order chi connectivity index (χ0) is 34.3. The summed E-state index contributed by atoms with van der Waals surface area (Å²) in [5.41, 5.74) is 3.31. The largest absolute Gasteiger partial charge is 0.481 e. The molecule has 1 fully saturated rings. The van der Waals surface area contributed by atoms with E-state index in [1.54, 1.807) is 25.3 Å². The molecule has 1 aliphatic heterocycles. The van der Waals surface area contributed by atoms with Gasteiger partial charge in [-0.15, -0.1) is 0 Å². The van der Waals surface area contributed by atoms with Crippen molar-refractivity contribution in [1.82, 2.24) is 24.8 Å². The van der Waals surface area contributed by atoms with Crippen molar-refractivity contribution < 1.29 is 19.1 Å². The van der Waals surface area contributed by atoms with Crippen molar-refractivity contribution >= 4 is 40.7 Å². The number of halogens is 2. The van der Waals surface area contributed by atoms with Crippen LogP contribution in [0.3, 0.4) is 0 Å². The number of anilines is 1. The molecule has 3 heterocycles. The monoisotopic (exact) mass is 692 g/mol. The lowest BCUT2D eigenvalue weighted by molar-refractivity contribution is -0.131. The zero-order valence-corrected chi connectivity index (χ0v) is 28.2. The van der Waals surface area contributed by atoms with E-state index >= 15 is 0 Å². The number of carbonyl (C=O) groups is 2. The number of nitrogens with one attached hydrogen (secondary N) is 3. The van der Waals surface area contributed by atoms with Gasteiger partial charge in [-0.3, -0.25) is 19.0 Å². The molecule has 3 N–H and O–H groups in total. The molecular formula is C34H34Cl2N6O6. The molecule has 48 heavy (non-hydrogen) atoms. The number of amides is 2. The van der Waals surface area contributed by atoms with Gasteiger partial charge in [-0.05, 0) is 30.0 Å². The fraction of sp³-hybridized carbons (Fsp3) is 0.324. The third kappa shape index (κ3) is 6.24. The third-order valence-corrected chi connectivity index (χ3v) is 9.54. The van der Waals surface area contributed by atoms with Crippen LogP contribution in [0.5, 0.6) is 5.88 Å². The van der Waals surface area contributed by atoms with Crippen LogP contribution in [0.15, 0.2) is 58.3 Å². The van der Waals surface area contributed by atoms with Crippen molar-refractivity contribution in [2.24, 2.45) is 20.0 Å². The number of pyridine rings is 1. The Balaban J connectivity index is 1.30. The highest BCUT2D eigenvalue weighted by Crippen LogP contribution is 2.45. The number of fused-ring (bicyclic) bond motifs is 1. The van der Waals surface area contributed by atoms with Gasteiger partial charge < -0.3 is 30.0 Å². The average Bonchev–Trinajstić information content (AvgIpc) is 3.39. The summed E-state index contributed by atoms with van der Waals surface area (Å²) in [6.45, 7) is 3.23. The molecule has 0 radical (unpaired) electrons. The lowest BCUT2D eigenvalue weighted by Gasteiger charge is -2.27. The number of nitrogens with zero attached hydrogens (tertiary/aromatic N) is 3. The Hall–Kier alpha value is -4.49. The second-order valence-electron chi connectivity index (χ2n) is 12.0. The van der Waals surface area contributed by atoms with Gasteiger partial charge in [0.25, 0.3) is 11.5 Å². The summed E-state index contributed by atoms with van der Waals surface area (Å²) in [6.07, 6.45) is 1.98. The van der Waals surface area contributed by atoms with E-state index in [0.717, 1.165) is 26.7 Å². The van der Waals surface area contributed by atoms with E-state index in [2.05, 4.69) is 22.9 Å². The summed E-state index contributed by atoms with van der Waals surface area (Å²) in [6, 6.07) is 12.5. The van der Waals surface area contributed by atoms with Gasteiger partial charge in [0.15, 0.2) is 0 Å². The number of hydrogen-bond donors (Lipinski definition) is 3. The number of benzene rings is 2. The second-order valence-corrected chi connectivity index (χ2v) is 12.8. The van der Waals surface area contributed by atoms with Crippen molar-refractivity contribution in [3.63, 3.8) is 0 Å². The maximum absolute atomic E-state index is 13.1. The predicted octanol–water partition coefficient (Wildman–Crippen LogP) is 3.72. The Morgan fingerprint density at radius 3 is 2.52 bits per heavy atom. The minimum Gasteiger partial charge on any atom is -0.481 e. The first-order valence-electron chi connectivity index (χ1n) is 15.3. The summed E-state index contributed by atoms with van der Waals surface area (Å²) in [7, 11) is 4.35. The van der Waals surface area contributed by atoms with Gasteiger partial charge in [-0.2, -0.15) is 0 Å². The molecule has 0 bridgehead atoms. The lowest BCUT2D eigenvalue weighted by Crippen LogP contribution is -2.51. The molecule has 4 aromatic rings. The fourth-order valence-corrected chi connectivity index (χ4v) is 6.94. The van der Waals surface area contributed by atoms with Crippen molar-refractivity contribution in [2.45, 2.75) is 25.4 Å². The second kappa shape index (κ2) is 13.6. The minimum atomic E-state index is -0.722. The van der Waals surface area contributed by atoms with E-state index in [4.69, 9.17) is 37.7 Å². The Bertz CT molecular complexity index is 2060. The molecule has 1 aliphatic carbocycles. The number of rotatable bonds is 8. The van der Waals surface area contributed by atoms with Crippen LogP contribution in [-0.2, 0) is 30.0 Å². The van der Waals surface area contributed by atoms with E-state index < -0.39 is 17.2 Å². The summed E-state index contributed by atoms with van der Waals surface area (Å²) < 4.78 is 13.2.